The fourth-order valence-corrected chi connectivity index (χ4v) is 5.10. The Hall–Kier alpha value is -4.42. The third-order valence-electron chi connectivity index (χ3n) is 7.15. The van der Waals surface area contributed by atoms with Crippen LogP contribution in [0.1, 0.15) is 41.7 Å². The molecule has 0 aliphatic carbocycles. The Morgan fingerprint density at radius 2 is 1.55 bits per heavy atom. The quantitative estimate of drug-likeness (QED) is 0.229. The van der Waals surface area contributed by atoms with Crippen LogP contribution in [-0.4, -0.2) is 37.6 Å². The molecule has 2 atom stereocenters. The summed E-state index contributed by atoms with van der Waals surface area (Å²) >= 11 is 0. The summed E-state index contributed by atoms with van der Waals surface area (Å²) in [5.41, 5.74) is 5.28. The number of nitrogens with one attached hydrogen (secondary N) is 2. The first kappa shape index (κ1) is 27.2. The average Bonchev–Trinajstić information content (AvgIpc) is 3.48. The van der Waals surface area contributed by atoms with Crippen LogP contribution in [-0.2, 0) is 9.53 Å². The van der Waals surface area contributed by atoms with E-state index in [0.29, 0.717) is 12.2 Å². The standard InChI is InChI=1S/C34H35N3O3/c1-2-23-40-34(39)32(26-13-7-4-8-14-26)35-28-21-22-37(24-28)29-19-17-27(18-20-29)36-33(38)31-16-10-9-15-30(31)25-11-5-3-6-12-25/h3-20,28,32,35H,2,21-24H2,1H3,(H,36,38). The Labute approximate surface area is 236 Å². The molecular formula is C34H35N3O3. The van der Waals surface area contributed by atoms with Gasteiger partial charge in [0.2, 0.25) is 0 Å². The maximum absolute atomic E-state index is 13.2. The van der Waals surface area contributed by atoms with E-state index >= 15 is 0 Å². The predicted octanol–water partition coefficient (Wildman–Crippen LogP) is 6.47. The molecule has 1 heterocycles. The van der Waals surface area contributed by atoms with Gasteiger partial charge in [-0.1, -0.05) is 85.8 Å². The number of carbonyl (C=O) groups excluding carboxylic acids is 2. The number of ether oxygens (including phenoxy) is 1. The van der Waals surface area contributed by atoms with Gasteiger partial charge in [0.15, 0.2) is 0 Å². The lowest BCUT2D eigenvalue weighted by Gasteiger charge is -2.23. The van der Waals surface area contributed by atoms with Crippen LogP contribution in [0.3, 0.4) is 0 Å². The fraction of sp³-hybridized carbons (Fsp3) is 0.235. The number of amides is 1. The number of benzene rings is 4. The molecule has 1 amide bonds. The first-order valence-corrected chi connectivity index (χ1v) is 13.9. The molecule has 1 aliphatic rings. The van der Waals surface area contributed by atoms with Crippen LogP contribution in [0.5, 0.6) is 0 Å². The van der Waals surface area contributed by atoms with Gasteiger partial charge in [-0.3, -0.25) is 10.1 Å². The lowest BCUT2D eigenvalue weighted by Crippen LogP contribution is -2.39. The van der Waals surface area contributed by atoms with Crippen LogP contribution in [0.15, 0.2) is 109 Å². The highest BCUT2D eigenvalue weighted by atomic mass is 16.5. The van der Waals surface area contributed by atoms with E-state index in [0.717, 1.165) is 54.0 Å². The van der Waals surface area contributed by atoms with Crippen molar-refractivity contribution in [2.75, 3.05) is 29.9 Å². The Morgan fingerprint density at radius 1 is 0.875 bits per heavy atom. The van der Waals surface area contributed by atoms with Gasteiger partial charge in [0.25, 0.3) is 5.91 Å². The van der Waals surface area contributed by atoms with E-state index in [4.69, 9.17) is 4.74 Å². The predicted molar refractivity (Wildman–Crippen MR) is 160 cm³/mol. The van der Waals surface area contributed by atoms with E-state index in [-0.39, 0.29) is 17.9 Å². The van der Waals surface area contributed by atoms with Crippen molar-refractivity contribution in [3.05, 3.63) is 120 Å². The van der Waals surface area contributed by atoms with E-state index in [1.807, 2.05) is 116 Å². The van der Waals surface area contributed by atoms with Crippen LogP contribution >= 0.6 is 0 Å². The van der Waals surface area contributed by atoms with Gasteiger partial charge < -0.3 is 15.0 Å². The number of hydrogen-bond acceptors (Lipinski definition) is 5. The molecule has 204 valence electrons. The molecule has 1 saturated heterocycles. The van der Waals surface area contributed by atoms with E-state index in [2.05, 4.69) is 15.5 Å². The van der Waals surface area contributed by atoms with Gasteiger partial charge in [0.05, 0.1) is 6.61 Å². The second-order valence-corrected chi connectivity index (χ2v) is 10.0. The summed E-state index contributed by atoms with van der Waals surface area (Å²) in [7, 11) is 0. The van der Waals surface area contributed by atoms with Crippen molar-refractivity contribution in [2.45, 2.75) is 31.8 Å². The molecule has 4 aromatic rings. The molecule has 6 nitrogen and oxygen atoms in total. The van der Waals surface area contributed by atoms with Crippen molar-refractivity contribution in [2.24, 2.45) is 0 Å². The zero-order chi connectivity index (χ0) is 27.7. The minimum atomic E-state index is -0.492. The first-order valence-electron chi connectivity index (χ1n) is 13.9. The zero-order valence-electron chi connectivity index (χ0n) is 22.8. The monoisotopic (exact) mass is 533 g/mol. The molecular weight excluding hydrogens is 498 g/mol. The summed E-state index contributed by atoms with van der Waals surface area (Å²) in [5.74, 6) is -0.375. The minimum Gasteiger partial charge on any atom is -0.464 e. The molecule has 6 heteroatoms. The Kier molecular flexibility index (Phi) is 8.89. The van der Waals surface area contributed by atoms with Gasteiger partial charge in [-0.05, 0) is 59.9 Å². The number of anilines is 2. The molecule has 0 radical (unpaired) electrons. The van der Waals surface area contributed by atoms with Crippen molar-refractivity contribution < 1.29 is 14.3 Å². The fourth-order valence-electron chi connectivity index (χ4n) is 5.10. The number of hydrogen-bond donors (Lipinski definition) is 2. The van der Waals surface area contributed by atoms with Crippen LogP contribution in [0.2, 0.25) is 0 Å². The number of nitrogens with zero attached hydrogens (tertiary/aromatic N) is 1. The van der Waals surface area contributed by atoms with E-state index in [1.165, 1.54) is 0 Å². The third-order valence-corrected chi connectivity index (χ3v) is 7.15. The van der Waals surface area contributed by atoms with Gasteiger partial charge in [-0.25, -0.2) is 4.79 Å². The highest BCUT2D eigenvalue weighted by Gasteiger charge is 2.29. The molecule has 4 aromatic carbocycles. The lowest BCUT2D eigenvalue weighted by molar-refractivity contribution is -0.146. The van der Waals surface area contributed by atoms with Crippen molar-refractivity contribution in [1.29, 1.82) is 0 Å². The second kappa shape index (κ2) is 13.1. The topological polar surface area (TPSA) is 70.7 Å². The van der Waals surface area contributed by atoms with Gasteiger partial charge in [0, 0.05) is 36.1 Å². The second-order valence-electron chi connectivity index (χ2n) is 10.0. The third kappa shape index (κ3) is 6.58. The molecule has 40 heavy (non-hydrogen) atoms. The Bertz CT molecular complexity index is 1410. The maximum atomic E-state index is 13.2. The first-order chi connectivity index (χ1) is 19.6. The lowest BCUT2D eigenvalue weighted by atomic mass is 9.99. The maximum Gasteiger partial charge on any atom is 0.327 e. The summed E-state index contributed by atoms with van der Waals surface area (Å²) in [5, 5.41) is 6.59. The molecule has 0 saturated carbocycles. The summed E-state index contributed by atoms with van der Waals surface area (Å²) < 4.78 is 5.49. The van der Waals surface area contributed by atoms with Crippen LogP contribution in [0, 0.1) is 0 Å². The molecule has 2 N–H and O–H groups in total. The van der Waals surface area contributed by atoms with Crippen molar-refractivity contribution in [1.82, 2.24) is 5.32 Å². The van der Waals surface area contributed by atoms with Crippen LogP contribution < -0.4 is 15.5 Å². The van der Waals surface area contributed by atoms with Crippen LogP contribution in [0.4, 0.5) is 11.4 Å². The van der Waals surface area contributed by atoms with Crippen molar-refractivity contribution in [3.8, 4) is 11.1 Å². The molecule has 0 bridgehead atoms. The smallest absolute Gasteiger partial charge is 0.327 e. The van der Waals surface area contributed by atoms with E-state index in [1.54, 1.807) is 0 Å². The van der Waals surface area contributed by atoms with Gasteiger partial charge in [-0.2, -0.15) is 0 Å². The summed E-state index contributed by atoms with van der Waals surface area (Å²) in [6.07, 6.45) is 1.71. The molecule has 1 fully saturated rings. The Balaban J connectivity index is 1.22. The highest BCUT2D eigenvalue weighted by Crippen LogP contribution is 2.27. The zero-order valence-corrected chi connectivity index (χ0v) is 22.8. The van der Waals surface area contributed by atoms with Gasteiger partial charge in [0.1, 0.15) is 6.04 Å². The normalized spacial score (nSPS) is 15.4. The van der Waals surface area contributed by atoms with E-state index < -0.39 is 6.04 Å². The van der Waals surface area contributed by atoms with Crippen molar-refractivity contribution in [3.63, 3.8) is 0 Å². The molecule has 5 rings (SSSR count). The van der Waals surface area contributed by atoms with Gasteiger partial charge >= 0.3 is 5.97 Å². The largest absolute Gasteiger partial charge is 0.464 e. The molecule has 2 unspecified atom stereocenters. The number of esters is 1. The van der Waals surface area contributed by atoms with E-state index in [9.17, 15) is 9.59 Å². The summed E-state index contributed by atoms with van der Waals surface area (Å²) in [6, 6.07) is 34.9. The highest BCUT2D eigenvalue weighted by molar-refractivity contribution is 6.08. The molecule has 0 spiro atoms. The average molecular weight is 534 g/mol. The number of carbonyl (C=O) groups is 2. The van der Waals surface area contributed by atoms with Crippen LogP contribution in [0.25, 0.3) is 11.1 Å². The molecule has 0 aromatic heterocycles. The van der Waals surface area contributed by atoms with Gasteiger partial charge in [-0.15, -0.1) is 0 Å². The molecule has 1 aliphatic heterocycles. The summed E-state index contributed by atoms with van der Waals surface area (Å²) in [4.78, 5) is 28.3. The number of rotatable bonds is 10. The van der Waals surface area contributed by atoms with Crippen molar-refractivity contribution >= 4 is 23.3 Å². The SMILES string of the molecule is CCCOC(=O)C(NC1CCN(c2ccc(NC(=O)c3ccccc3-c3ccccc3)cc2)C1)c1ccccc1. The minimum absolute atomic E-state index is 0.139. The Morgan fingerprint density at radius 3 is 2.27 bits per heavy atom. The summed E-state index contributed by atoms with van der Waals surface area (Å²) in [6.45, 7) is 4.06.